The largest absolute Gasteiger partial charge is 0.411 e. The minimum absolute atomic E-state index is 0.0971. The number of hydrogen-bond donors (Lipinski definition) is 1. The summed E-state index contributed by atoms with van der Waals surface area (Å²) in [6.45, 7) is 1.10. The monoisotopic (exact) mass is 200 g/mol. The third-order valence-corrected chi connectivity index (χ3v) is 1.98. The number of carbonyl (C=O) groups excluding carboxylic acids is 1. The molecule has 14 heavy (non-hydrogen) atoms. The molecule has 0 aliphatic heterocycles. The lowest BCUT2D eigenvalue weighted by Crippen LogP contribution is -2.12. The zero-order chi connectivity index (χ0) is 10.8. The number of hydrogen-bond acceptors (Lipinski definition) is 4. The predicted octanol–water partition coefficient (Wildman–Crippen LogP) is 1.53. The standard InChI is InChI=1S/C10H20N2O2/c1-12(2)8-6-4-3-5-7-10(13)9-11-14/h9,14H,3-8H2,1-2H3/b11-9-. The number of oxime groups is 1. The van der Waals surface area contributed by atoms with Crippen molar-refractivity contribution in [3.05, 3.63) is 0 Å². The van der Waals surface area contributed by atoms with Crippen molar-refractivity contribution in [2.24, 2.45) is 5.16 Å². The van der Waals surface area contributed by atoms with Gasteiger partial charge in [-0.3, -0.25) is 4.79 Å². The molecule has 0 aliphatic carbocycles. The van der Waals surface area contributed by atoms with Crippen LogP contribution < -0.4 is 0 Å². The summed E-state index contributed by atoms with van der Waals surface area (Å²) in [4.78, 5) is 13.0. The van der Waals surface area contributed by atoms with E-state index in [0.29, 0.717) is 6.42 Å². The first-order chi connectivity index (χ1) is 6.66. The third kappa shape index (κ3) is 9.19. The summed E-state index contributed by atoms with van der Waals surface area (Å²) in [6, 6.07) is 0. The van der Waals surface area contributed by atoms with Gasteiger partial charge >= 0.3 is 0 Å². The van der Waals surface area contributed by atoms with E-state index in [1.807, 2.05) is 0 Å². The summed E-state index contributed by atoms with van der Waals surface area (Å²) in [5.41, 5.74) is 0. The summed E-state index contributed by atoms with van der Waals surface area (Å²) in [7, 11) is 4.11. The molecule has 0 aromatic carbocycles. The van der Waals surface area contributed by atoms with Crippen molar-refractivity contribution in [1.82, 2.24) is 4.90 Å². The Morgan fingerprint density at radius 1 is 1.29 bits per heavy atom. The van der Waals surface area contributed by atoms with E-state index in [-0.39, 0.29) is 5.78 Å². The highest BCUT2D eigenvalue weighted by atomic mass is 16.4. The average Bonchev–Trinajstić information content (AvgIpc) is 2.11. The fourth-order valence-electron chi connectivity index (χ4n) is 1.21. The van der Waals surface area contributed by atoms with Crippen LogP contribution in [0.25, 0.3) is 0 Å². The van der Waals surface area contributed by atoms with Gasteiger partial charge in [-0.05, 0) is 33.5 Å². The number of nitrogens with zero attached hydrogens (tertiary/aromatic N) is 2. The average molecular weight is 200 g/mol. The van der Waals surface area contributed by atoms with Crippen molar-refractivity contribution in [3.63, 3.8) is 0 Å². The van der Waals surface area contributed by atoms with E-state index >= 15 is 0 Å². The Morgan fingerprint density at radius 2 is 1.93 bits per heavy atom. The second-order valence-electron chi connectivity index (χ2n) is 3.68. The molecule has 4 heteroatoms. The van der Waals surface area contributed by atoms with Gasteiger partial charge in [-0.15, -0.1) is 0 Å². The van der Waals surface area contributed by atoms with E-state index in [1.54, 1.807) is 0 Å². The van der Waals surface area contributed by atoms with Gasteiger partial charge in [0.2, 0.25) is 0 Å². The molecule has 0 aliphatic rings. The van der Waals surface area contributed by atoms with Crippen molar-refractivity contribution in [1.29, 1.82) is 0 Å². The van der Waals surface area contributed by atoms with Crippen LogP contribution in [0.5, 0.6) is 0 Å². The Kier molecular flexibility index (Phi) is 8.13. The molecule has 0 amide bonds. The van der Waals surface area contributed by atoms with Gasteiger partial charge < -0.3 is 10.1 Å². The minimum Gasteiger partial charge on any atom is -0.411 e. The van der Waals surface area contributed by atoms with E-state index < -0.39 is 0 Å². The number of Topliss-reactive ketones (excluding diaryl/α,β-unsaturated/α-hetero) is 1. The molecule has 1 N–H and O–H groups in total. The van der Waals surface area contributed by atoms with E-state index in [0.717, 1.165) is 32.0 Å². The van der Waals surface area contributed by atoms with E-state index in [1.165, 1.54) is 6.42 Å². The van der Waals surface area contributed by atoms with Gasteiger partial charge in [-0.1, -0.05) is 18.0 Å². The molecule has 0 saturated heterocycles. The van der Waals surface area contributed by atoms with Crippen molar-refractivity contribution in [2.45, 2.75) is 32.1 Å². The third-order valence-electron chi connectivity index (χ3n) is 1.98. The van der Waals surface area contributed by atoms with Crippen molar-refractivity contribution in [3.8, 4) is 0 Å². The van der Waals surface area contributed by atoms with Crippen LogP contribution in [-0.4, -0.2) is 42.7 Å². The molecule has 0 spiro atoms. The zero-order valence-electron chi connectivity index (χ0n) is 9.07. The molecule has 0 aromatic rings. The quantitative estimate of drug-likeness (QED) is 0.280. The molecule has 0 rings (SSSR count). The molecule has 4 nitrogen and oxygen atoms in total. The Labute approximate surface area is 85.6 Å². The van der Waals surface area contributed by atoms with Crippen LogP contribution in [0.2, 0.25) is 0 Å². The van der Waals surface area contributed by atoms with Gasteiger partial charge in [-0.25, -0.2) is 0 Å². The molecule has 0 aromatic heterocycles. The molecular weight excluding hydrogens is 180 g/mol. The zero-order valence-corrected chi connectivity index (χ0v) is 9.07. The second kappa shape index (κ2) is 8.69. The van der Waals surface area contributed by atoms with Crippen LogP contribution in [0.15, 0.2) is 5.16 Å². The molecule has 0 radical (unpaired) electrons. The van der Waals surface area contributed by atoms with Crippen LogP contribution in [-0.2, 0) is 4.79 Å². The molecule has 0 heterocycles. The maximum atomic E-state index is 10.9. The molecule has 82 valence electrons. The summed E-state index contributed by atoms with van der Waals surface area (Å²) in [5, 5.41) is 10.8. The van der Waals surface area contributed by atoms with Gasteiger partial charge in [0.1, 0.15) is 6.21 Å². The van der Waals surface area contributed by atoms with Crippen molar-refractivity contribution >= 4 is 12.0 Å². The summed E-state index contributed by atoms with van der Waals surface area (Å²) >= 11 is 0. The smallest absolute Gasteiger partial charge is 0.177 e. The first-order valence-corrected chi connectivity index (χ1v) is 5.02. The van der Waals surface area contributed by atoms with Crippen LogP contribution in [0.4, 0.5) is 0 Å². The summed E-state index contributed by atoms with van der Waals surface area (Å²) < 4.78 is 0. The first kappa shape index (κ1) is 13.1. The van der Waals surface area contributed by atoms with E-state index in [4.69, 9.17) is 5.21 Å². The Bertz CT molecular complexity index is 179. The maximum Gasteiger partial charge on any atom is 0.177 e. The highest BCUT2D eigenvalue weighted by Crippen LogP contribution is 2.03. The van der Waals surface area contributed by atoms with Gasteiger partial charge in [0.25, 0.3) is 0 Å². The highest BCUT2D eigenvalue weighted by molar-refractivity contribution is 6.27. The SMILES string of the molecule is CN(C)CCCCCCC(=O)/C=N\O. The molecule has 0 unspecified atom stereocenters. The van der Waals surface area contributed by atoms with Gasteiger partial charge in [-0.2, -0.15) is 0 Å². The fraction of sp³-hybridized carbons (Fsp3) is 0.800. The number of carbonyl (C=O) groups is 1. The number of rotatable bonds is 8. The number of unbranched alkanes of at least 4 members (excludes halogenated alkanes) is 3. The normalized spacial score (nSPS) is 11.4. The van der Waals surface area contributed by atoms with Crippen molar-refractivity contribution in [2.75, 3.05) is 20.6 Å². The minimum atomic E-state index is -0.0971. The van der Waals surface area contributed by atoms with E-state index in [2.05, 4.69) is 24.2 Å². The molecule has 0 bridgehead atoms. The molecular formula is C10H20N2O2. The molecule has 0 atom stereocenters. The maximum absolute atomic E-state index is 10.9. The van der Waals surface area contributed by atoms with Crippen molar-refractivity contribution < 1.29 is 10.0 Å². The number of ketones is 1. The highest BCUT2D eigenvalue weighted by Gasteiger charge is 1.97. The lowest BCUT2D eigenvalue weighted by atomic mass is 10.1. The lowest BCUT2D eigenvalue weighted by molar-refractivity contribution is -0.112. The Hall–Kier alpha value is -0.900. The van der Waals surface area contributed by atoms with Crippen LogP contribution in [0, 0.1) is 0 Å². The van der Waals surface area contributed by atoms with Gasteiger partial charge in [0, 0.05) is 6.42 Å². The molecule has 0 fully saturated rings. The summed E-state index contributed by atoms with van der Waals surface area (Å²) in [6.07, 6.45) is 5.75. The summed E-state index contributed by atoms with van der Waals surface area (Å²) in [5.74, 6) is -0.0971. The van der Waals surface area contributed by atoms with Crippen LogP contribution >= 0.6 is 0 Å². The first-order valence-electron chi connectivity index (χ1n) is 5.02. The Balaban J connectivity index is 3.17. The Morgan fingerprint density at radius 3 is 2.50 bits per heavy atom. The van der Waals surface area contributed by atoms with Crippen LogP contribution in [0.1, 0.15) is 32.1 Å². The van der Waals surface area contributed by atoms with Gasteiger partial charge in [0.15, 0.2) is 5.78 Å². The van der Waals surface area contributed by atoms with E-state index in [9.17, 15) is 4.79 Å². The van der Waals surface area contributed by atoms with Gasteiger partial charge in [0.05, 0.1) is 0 Å². The molecule has 0 saturated carbocycles. The second-order valence-corrected chi connectivity index (χ2v) is 3.68. The lowest BCUT2D eigenvalue weighted by Gasteiger charge is -2.07. The van der Waals surface area contributed by atoms with Crippen LogP contribution in [0.3, 0.4) is 0 Å². The predicted molar refractivity (Wildman–Crippen MR) is 56.9 cm³/mol. The fourth-order valence-corrected chi connectivity index (χ4v) is 1.21. The topological polar surface area (TPSA) is 52.9 Å².